The van der Waals surface area contributed by atoms with E-state index in [-0.39, 0.29) is 105 Å². The molecule has 4 saturated carbocycles. The monoisotopic (exact) mass is 1580 g/mol. The number of nitrogens with two attached hydrogens (primary N) is 1. The molecule has 4 unspecified atom stereocenters. The molecule has 8 rings (SSSR count). The third-order valence-corrected chi connectivity index (χ3v) is 21.2. The molecule has 0 aromatic heterocycles. The third kappa shape index (κ3) is 23.4. The molecule has 6 aliphatic rings. The smallest absolute Gasteiger partial charge is 0.315 e. The molecule has 10 N–H and O–H groups in total. The van der Waals surface area contributed by atoms with Gasteiger partial charge in [0, 0.05) is 55.4 Å². The second-order valence-electron chi connectivity index (χ2n) is 32.8. The first kappa shape index (κ1) is 88.1. The van der Waals surface area contributed by atoms with E-state index in [0.717, 1.165) is 25.7 Å². The minimum Gasteiger partial charge on any atom is -0.347 e. The van der Waals surface area contributed by atoms with Crippen molar-refractivity contribution >= 4 is 112 Å². The maximum absolute atomic E-state index is 14.2. The van der Waals surface area contributed by atoms with Crippen LogP contribution in [0, 0.1) is 57.2 Å². The van der Waals surface area contributed by atoms with E-state index in [1.807, 2.05) is 76.2 Å². The highest BCUT2D eigenvalue weighted by Crippen LogP contribution is 2.66. The van der Waals surface area contributed by atoms with Crippen molar-refractivity contribution in [3.05, 3.63) is 71.8 Å². The second-order valence-corrected chi connectivity index (χ2v) is 33.9. The predicted molar refractivity (Wildman–Crippen MR) is 417 cm³/mol. The van der Waals surface area contributed by atoms with Crippen LogP contribution in [0.4, 0.5) is 4.79 Å². The number of Topliss-reactive ketones (excluding diaryl/α,β-unsaturated/α-hetero) is 2. The zero-order valence-electron chi connectivity index (χ0n) is 62.8. The largest absolute Gasteiger partial charge is 0.347 e. The SMILES string of the molecule is C.CCCI.CN(C)C(=O)[C@@H](NC(=O)CNC(=O)C(=O)C(CC1CC1)NC(=O)C1[C@@H]2[C@H](CN1C(=O)[C@@H](N)C(C)(C)C)C2(C)C)c1ccccc1.CN(C)C(=O)[C@@H](NC(=O)CNC(=O)C(=O)C(CC1CC1)NC(=O)C1[C@@H]2[C@H](CN1C(=O)[C@@H](NC(=O)NC(C)(C)C)C(C)(C)C)C2(C)C)c1ccccc1.Cl.[HH].[HH].[HH].[HH].[HH].[HH]. The van der Waals surface area contributed by atoms with E-state index in [1.165, 1.54) is 25.5 Å². The topological polar surface area (TPSA) is 357 Å². The summed E-state index contributed by atoms with van der Waals surface area (Å²) >= 11 is 2.35. The number of fused-ring (bicyclic) bond motifs is 2. The third-order valence-electron chi connectivity index (χ3n) is 20.1. The number of benzene rings is 2. The van der Waals surface area contributed by atoms with Gasteiger partial charge in [0.15, 0.2) is 0 Å². The number of carbonyl (C=O) groups excluding carboxylic acids is 13. The Morgan fingerprint density at radius 1 is 0.563 bits per heavy atom. The summed E-state index contributed by atoms with van der Waals surface area (Å²) in [5.74, 6) is -7.27. The van der Waals surface area contributed by atoms with Gasteiger partial charge in [0.05, 0.1) is 31.2 Å². The molecule has 103 heavy (non-hydrogen) atoms. The Balaban J connectivity index is -0.00000185. The molecule has 0 radical (unpaired) electrons. The average Bonchev–Trinajstić information content (AvgIpc) is 1.53. The summed E-state index contributed by atoms with van der Waals surface area (Å²) in [5.41, 5.74) is 5.33. The molecular weight excluding hydrogens is 1450 g/mol. The maximum Gasteiger partial charge on any atom is 0.315 e. The van der Waals surface area contributed by atoms with Gasteiger partial charge in [-0.3, -0.25) is 57.5 Å². The number of alkyl halides is 1. The molecule has 2 aromatic rings. The number of piperidine rings is 2. The first-order valence-corrected chi connectivity index (χ1v) is 36.8. The van der Waals surface area contributed by atoms with Crippen LogP contribution in [-0.2, 0) is 57.5 Å². The normalized spacial score (nSPS) is 21.7. The van der Waals surface area contributed by atoms with Crippen molar-refractivity contribution in [1.29, 1.82) is 0 Å². The quantitative estimate of drug-likeness (QED) is 0.0260. The molecule has 0 bridgehead atoms. The number of hydrogen-bond acceptors (Lipinski definition) is 14. The van der Waals surface area contributed by atoms with E-state index in [4.69, 9.17) is 5.73 Å². The number of hydrogen-bond donors (Lipinski definition) is 9. The zero-order valence-corrected chi connectivity index (χ0v) is 65.8. The Labute approximate surface area is 638 Å². The molecule has 0 spiro atoms. The van der Waals surface area contributed by atoms with Crippen LogP contribution in [0.15, 0.2) is 60.7 Å². The minimum atomic E-state index is -1.16. The van der Waals surface area contributed by atoms with Crippen molar-refractivity contribution < 1.29 is 70.9 Å². The van der Waals surface area contributed by atoms with Crippen molar-refractivity contribution in [2.45, 2.75) is 203 Å². The molecule has 2 heterocycles. The number of halogens is 2. The van der Waals surface area contributed by atoms with Crippen LogP contribution < -0.4 is 48.3 Å². The van der Waals surface area contributed by atoms with Crippen LogP contribution in [0.3, 0.4) is 0 Å². The molecule has 586 valence electrons. The molecule has 4 aliphatic carbocycles. The molecule has 12 amide bonds. The van der Waals surface area contributed by atoms with Crippen molar-refractivity contribution in [3.8, 4) is 0 Å². The number of carbonyl (C=O) groups is 13. The van der Waals surface area contributed by atoms with Gasteiger partial charge in [0.1, 0.15) is 30.2 Å². The highest BCUT2D eigenvalue weighted by atomic mass is 127. The summed E-state index contributed by atoms with van der Waals surface area (Å²) in [6, 6.07) is 9.19. The van der Waals surface area contributed by atoms with E-state index in [2.05, 4.69) is 85.9 Å². The van der Waals surface area contributed by atoms with E-state index in [9.17, 15) is 62.3 Å². The van der Waals surface area contributed by atoms with Crippen molar-refractivity contribution in [3.63, 3.8) is 0 Å². The van der Waals surface area contributed by atoms with Crippen LogP contribution in [0.25, 0.3) is 0 Å². The van der Waals surface area contributed by atoms with Gasteiger partial charge >= 0.3 is 6.03 Å². The Bertz CT molecular complexity index is 3410. The van der Waals surface area contributed by atoms with Crippen LogP contribution in [-0.4, -0.2) is 197 Å². The van der Waals surface area contributed by atoms with E-state index < -0.39 is 137 Å². The molecule has 12 atom stereocenters. The number of rotatable bonds is 26. The highest BCUT2D eigenvalue weighted by Gasteiger charge is 2.71. The summed E-state index contributed by atoms with van der Waals surface area (Å²) < 4.78 is 1.29. The van der Waals surface area contributed by atoms with E-state index in [0.29, 0.717) is 24.2 Å². The number of amides is 12. The van der Waals surface area contributed by atoms with Crippen molar-refractivity contribution in [2.75, 3.05) is 58.8 Å². The van der Waals surface area contributed by atoms with Crippen molar-refractivity contribution in [2.24, 2.45) is 62.9 Å². The summed E-state index contributed by atoms with van der Waals surface area (Å²) in [4.78, 5) is 179. The summed E-state index contributed by atoms with van der Waals surface area (Å²) in [5, 5.41) is 21.3. The van der Waals surface area contributed by atoms with Crippen LogP contribution in [0.1, 0.15) is 181 Å². The van der Waals surface area contributed by atoms with Gasteiger partial charge in [-0.1, -0.05) is 193 Å². The summed E-state index contributed by atoms with van der Waals surface area (Å²) in [7, 11) is 6.28. The lowest BCUT2D eigenvalue weighted by molar-refractivity contribution is -0.145. The van der Waals surface area contributed by atoms with Gasteiger partial charge < -0.3 is 67.9 Å². The molecule has 6 fully saturated rings. The Kier molecular flexibility index (Phi) is 30.9. The summed E-state index contributed by atoms with van der Waals surface area (Å²) in [6.45, 7) is 26.7. The first-order chi connectivity index (χ1) is 46.9. The minimum absolute atomic E-state index is 0. The number of likely N-dealkylation sites (N-methyl/N-ethyl adjacent to an activating group) is 2. The van der Waals surface area contributed by atoms with Gasteiger partial charge in [-0.2, -0.15) is 0 Å². The standard InChI is InChI=1S/C38H57N7O7.C33H48N6O6.C3H7I.CH4.ClH.6H2/c1-36(2,3)30(42-35(52)43-37(4,5)6)34(51)45-20-23-26(38(23,7)8)28(45)31(48)40-24(18-21-16-17-21)29(47)32(49)39-19-25(46)41-27(33(50)44(9)10)22-14-12-11-13-15-22;1-32(2,3)27(34)31(45)39-17-20-23(33(20,4)5)25(39)28(42)36-21(15-18-13-14-18)26(41)29(43)35-16-22(40)37-24(30(44)38(6)7)19-11-9-8-10-12-19;1-2-3-4;;;;;;;;/h11-15,21,23-24,26-28,30H,16-20H2,1-10H3,(H,39,49)(H,40,48)(H,41,46)(H2,42,43,52);8-12,18,20-21,23-25,27H,13-17,34H2,1-7H3,(H,35,43)(H,36,42)(H,37,40);2-3H2,1H3;1H4;7*1H/t23-,24?,26-,27-,28?,30+;20-,21?,23-,24-,25?,27+;;;;;;;;;/m00........./s1. The van der Waals surface area contributed by atoms with Gasteiger partial charge in [-0.25, -0.2) is 4.79 Å². The Hall–Kier alpha value is -7.27. The molecule has 26 nitrogen and oxygen atoms in total. The molecular formula is C75H129ClIN13O13. The second kappa shape index (κ2) is 36.1. The number of nitrogens with one attached hydrogen (secondary N) is 8. The number of nitrogens with zero attached hydrogens (tertiary/aromatic N) is 4. The maximum atomic E-state index is 14.2. The zero-order chi connectivity index (χ0) is 75.8. The highest BCUT2D eigenvalue weighted by molar-refractivity contribution is 14.1. The van der Waals surface area contributed by atoms with Gasteiger partial charge in [0.2, 0.25) is 58.8 Å². The number of urea groups is 1. The van der Waals surface area contributed by atoms with Gasteiger partial charge in [0.25, 0.3) is 11.8 Å². The van der Waals surface area contributed by atoms with Gasteiger partial charge in [-0.05, 0) is 113 Å². The first-order valence-electron chi connectivity index (χ1n) is 35.3. The lowest BCUT2D eigenvalue weighted by Gasteiger charge is -2.38. The lowest BCUT2D eigenvalue weighted by atomic mass is 9.85. The fourth-order valence-corrected chi connectivity index (χ4v) is 13.5. The fourth-order valence-electron chi connectivity index (χ4n) is 13.5. The van der Waals surface area contributed by atoms with Crippen LogP contribution >= 0.6 is 35.0 Å². The fraction of sp³-hybridized carbons (Fsp3) is 0.667. The molecule has 2 aromatic carbocycles. The van der Waals surface area contributed by atoms with E-state index >= 15 is 0 Å². The van der Waals surface area contributed by atoms with Gasteiger partial charge in [-0.15, -0.1) is 12.4 Å². The Morgan fingerprint density at radius 2 is 0.913 bits per heavy atom. The van der Waals surface area contributed by atoms with Crippen LogP contribution in [0.2, 0.25) is 0 Å². The molecule has 2 saturated heterocycles. The lowest BCUT2D eigenvalue weighted by Crippen LogP contribution is -2.62. The Morgan fingerprint density at radius 3 is 1.21 bits per heavy atom. The predicted octanol–water partition coefficient (Wildman–Crippen LogP) is 7.02. The molecule has 2 aliphatic heterocycles. The molecule has 28 heteroatoms. The van der Waals surface area contributed by atoms with Crippen LogP contribution in [0.5, 0.6) is 0 Å². The summed E-state index contributed by atoms with van der Waals surface area (Å²) in [6.07, 6.45) is 5.32. The number of likely N-dealkylation sites (tertiary alicyclic amines) is 2. The van der Waals surface area contributed by atoms with E-state index in [1.54, 1.807) is 93.8 Å². The number of ketones is 2. The van der Waals surface area contributed by atoms with Crippen molar-refractivity contribution in [1.82, 2.24) is 62.1 Å². The average molecular weight is 1580 g/mol.